The van der Waals surface area contributed by atoms with Gasteiger partial charge >= 0.3 is 0 Å². The van der Waals surface area contributed by atoms with Gasteiger partial charge in [0.1, 0.15) is 11.5 Å². The van der Waals surface area contributed by atoms with Crippen molar-refractivity contribution in [1.29, 1.82) is 0 Å². The van der Waals surface area contributed by atoms with Crippen LogP contribution in [0, 0.1) is 5.92 Å². The standard InChI is InChI=1S/C26H35NO5/c1-25(2)30-17-22-19(7-6-10-23(22)31-25)12-11-18(15-28)13-27-14-20-8-5-9-21-16-29-26(3,4)32-24(20)21/h5-10,18,27-28H,11-17H2,1-4H3. The number of benzene rings is 2. The molecule has 0 saturated heterocycles. The summed E-state index contributed by atoms with van der Waals surface area (Å²) in [6, 6.07) is 12.3. The summed E-state index contributed by atoms with van der Waals surface area (Å²) < 4.78 is 23.6. The molecule has 0 aliphatic carbocycles. The highest BCUT2D eigenvalue weighted by atomic mass is 16.7. The van der Waals surface area contributed by atoms with Gasteiger partial charge in [0.05, 0.1) is 13.2 Å². The van der Waals surface area contributed by atoms with Gasteiger partial charge in [-0.05, 0) is 30.4 Å². The molecule has 0 spiro atoms. The van der Waals surface area contributed by atoms with Crippen molar-refractivity contribution in [3.8, 4) is 11.5 Å². The minimum absolute atomic E-state index is 0.145. The number of hydrogen-bond donors (Lipinski definition) is 2. The number of ether oxygens (including phenoxy) is 4. The van der Waals surface area contributed by atoms with E-state index in [0.717, 1.165) is 47.6 Å². The normalized spacial score (nSPS) is 19.3. The van der Waals surface area contributed by atoms with E-state index >= 15 is 0 Å². The zero-order valence-corrected chi connectivity index (χ0v) is 19.6. The SMILES string of the molecule is CC1(C)OCc2c(CCC(CO)CNCc3cccc4c3OC(C)(C)OC4)cccc2O1. The highest BCUT2D eigenvalue weighted by Crippen LogP contribution is 2.35. The molecule has 0 aromatic heterocycles. The number of aryl methyl sites for hydroxylation is 1. The topological polar surface area (TPSA) is 69.2 Å². The smallest absolute Gasteiger partial charge is 0.205 e. The minimum atomic E-state index is -0.617. The molecule has 4 rings (SSSR count). The van der Waals surface area contributed by atoms with Gasteiger partial charge in [0, 0.05) is 64.1 Å². The van der Waals surface area contributed by atoms with E-state index in [-0.39, 0.29) is 12.5 Å². The van der Waals surface area contributed by atoms with E-state index < -0.39 is 11.6 Å². The van der Waals surface area contributed by atoms with Crippen molar-refractivity contribution in [2.24, 2.45) is 5.92 Å². The third kappa shape index (κ3) is 5.44. The van der Waals surface area contributed by atoms with Crippen LogP contribution in [0.2, 0.25) is 0 Å². The molecule has 0 fully saturated rings. The second-order valence-corrected chi connectivity index (χ2v) is 9.60. The van der Waals surface area contributed by atoms with Gasteiger partial charge in [0.25, 0.3) is 0 Å². The third-order valence-electron chi connectivity index (χ3n) is 6.08. The maximum atomic E-state index is 9.94. The number of fused-ring (bicyclic) bond motifs is 2. The van der Waals surface area contributed by atoms with Gasteiger partial charge in [-0.3, -0.25) is 0 Å². The Morgan fingerprint density at radius 1 is 0.938 bits per heavy atom. The van der Waals surface area contributed by atoms with Crippen LogP contribution in [0.1, 0.15) is 56.4 Å². The second-order valence-electron chi connectivity index (χ2n) is 9.60. The first kappa shape index (κ1) is 23.1. The Morgan fingerprint density at radius 3 is 2.47 bits per heavy atom. The molecule has 0 radical (unpaired) electrons. The quantitative estimate of drug-likeness (QED) is 0.636. The number of aliphatic hydroxyl groups excluding tert-OH is 1. The van der Waals surface area contributed by atoms with Gasteiger partial charge in [-0.15, -0.1) is 0 Å². The summed E-state index contributed by atoms with van der Waals surface area (Å²) in [6.07, 6.45) is 1.76. The fourth-order valence-electron chi connectivity index (χ4n) is 4.22. The molecule has 174 valence electrons. The molecule has 2 aliphatic rings. The molecule has 2 aliphatic heterocycles. The molecule has 32 heavy (non-hydrogen) atoms. The van der Waals surface area contributed by atoms with Gasteiger partial charge in [-0.2, -0.15) is 0 Å². The Morgan fingerprint density at radius 2 is 1.66 bits per heavy atom. The molecule has 2 aromatic rings. The summed E-state index contributed by atoms with van der Waals surface area (Å²) in [4.78, 5) is 0. The lowest BCUT2D eigenvalue weighted by Gasteiger charge is -2.34. The van der Waals surface area contributed by atoms with Crippen LogP contribution in [0.3, 0.4) is 0 Å². The highest BCUT2D eigenvalue weighted by Gasteiger charge is 2.30. The predicted octanol–water partition coefficient (Wildman–Crippen LogP) is 4.31. The van der Waals surface area contributed by atoms with Crippen LogP contribution in [0.25, 0.3) is 0 Å². The highest BCUT2D eigenvalue weighted by molar-refractivity contribution is 5.43. The molecular formula is C26H35NO5. The molecule has 1 atom stereocenters. The van der Waals surface area contributed by atoms with Crippen LogP contribution < -0.4 is 14.8 Å². The van der Waals surface area contributed by atoms with Crippen molar-refractivity contribution in [2.75, 3.05) is 13.2 Å². The number of hydrogen-bond acceptors (Lipinski definition) is 6. The van der Waals surface area contributed by atoms with Crippen molar-refractivity contribution >= 4 is 0 Å². The van der Waals surface area contributed by atoms with Gasteiger partial charge < -0.3 is 29.4 Å². The Kier molecular flexibility index (Phi) is 6.77. The van der Waals surface area contributed by atoms with Gasteiger partial charge in [0.15, 0.2) is 0 Å². The third-order valence-corrected chi connectivity index (χ3v) is 6.08. The molecule has 2 N–H and O–H groups in total. The predicted molar refractivity (Wildman–Crippen MR) is 122 cm³/mol. The van der Waals surface area contributed by atoms with Crippen LogP contribution in [-0.2, 0) is 35.7 Å². The van der Waals surface area contributed by atoms with Crippen LogP contribution in [0.5, 0.6) is 11.5 Å². The largest absolute Gasteiger partial charge is 0.463 e. The van der Waals surface area contributed by atoms with E-state index in [9.17, 15) is 5.11 Å². The van der Waals surface area contributed by atoms with E-state index in [1.807, 2.05) is 52.0 Å². The van der Waals surface area contributed by atoms with E-state index in [1.165, 1.54) is 5.56 Å². The number of nitrogens with one attached hydrogen (secondary N) is 1. The first-order valence-electron chi connectivity index (χ1n) is 11.5. The Hall–Kier alpha value is -2.12. The summed E-state index contributed by atoms with van der Waals surface area (Å²) in [7, 11) is 0. The first-order chi connectivity index (χ1) is 15.3. The monoisotopic (exact) mass is 441 g/mol. The molecule has 6 nitrogen and oxygen atoms in total. The fraction of sp³-hybridized carbons (Fsp3) is 0.538. The maximum Gasteiger partial charge on any atom is 0.205 e. The Bertz CT molecular complexity index is 940. The lowest BCUT2D eigenvalue weighted by atomic mass is 9.96. The zero-order chi connectivity index (χ0) is 22.8. The lowest BCUT2D eigenvalue weighted by molar-refractivity contribution is -0.180. The van der Waals surface area contributed by atoms with E-state index in [0.29, 0.717) is 19.8 Å². The van der Waals surface area contributed by atoms with Crippen molar-refractivity contribution in [3.05, 3.63) is 58.7 Å². The number of para-hydroxylation sites is 1. The van der Waals surface area contributed by atoms with Crippen LogP contribution in [-0.4, -0.2) is 29.8 Å². The Balaban J connectivity index is 1.33. The van der Waals surface area contributed by atoms with Gasteiger partial charge in [-0.1, -0.05) is 30.3 Å². The second kappa shape index (κ2) is 9.40. The van der Waals surface area contributed by atoms with Crippen molar-refractivity contribution in [2.45, 2.75) is 71.9 Å². The minimum Gasteiger partial charge on any atom is -0.463 e. The van der Waals surface area contributed by atoms with Crippen LogP contribution in [0.15, 0.2) is 36.4 Å². The average Bonchev–Trinajstić information content (AvgIpc) is 2.75. The molecule has 6 heteroatoms. The first-order valence-corrected chi connectivity index (χ1v) is 11.5. The summed E-state index contributed by atoms with van der Waals surface area (Å²) in [5, 5.41) is 13.4. The van der Waals surface area contributed by atoms with Crippen LogP contribution in [0.4, 0.5) is 0 Å². The molecular weight excluding hydrogens is 406 g/mol. The van der Waals surface area contributed by atoms with Crippen molar-refractivity contribution in [3.63, 3.8) is 0 Å². The zero-order valence-electron chi connectivity index (χ0n) is 19.6. The van der Waals surface area contributed by atoms with E-state index in [4.69, 9.17) is 18.9 Å². The van der Waals surface area contributed by atoms with E-state index in [2.05, 4.69) is 17.4 Å². The Labute approximate surface area is 190 Å². The van der Waals surface area contributed by atoms with Crippen LogP contribution >= 0.6 is 0 Å². The summed E-state index contributed by atoms with van der Waals surface area (Å²) >= 11 is 0. The molecule has 0 bridgehead atoms. The fourth-order valence-corrected chi connectivity index (χ4v) is 4.22. The maximum absolute atomic E-state index is 9.94. The number of aliphatic hydroxyl groups is 1. The summed E-state index contributed by atoms with van der Waals surface area (Å²) in [6.45, 7) is 10.4. The van der Waals surface area contributed by atoms with E-state index in [1.54, 1.807) is 0 Å². The van der Waals surface area contributed by atoms with Crippen molar-refractivity contribution < 1.29 is 24.1 Å². The molecule has 2 aromatic carbocycles. The van der Waals surface area contributed by atoms with Gasteiger partial charge in [0.2, 0.25) is 11.6 Å². The van der Waals surface area contributed by atoms with Gasteiger partial charge in [-0.25, -0.2) is 0 Å². The molecule has 0 saturated carbocycles. The molecule has 2 heterocycles. The number of rotatable bonds is 8. The summed E-state index contributed by atoms with van der Waals surface area (Å²) in [5.41, 5.74) is 4.53. The molecule has 0 amide bonds. The molecule has 1 unspecified atom stereocenters. The lowest BCUT2D eigenvalue weighted by Crippen LogP contribution is -2.36. The average molecular weight is 442 g/mol. The van der Waals surface area contributed by atoms with Crippen molar-refractivity contribution in [1.82, 2.24) is 5.32 Å². The summed E-state index contributed by atoms with van der Waals surface area (Å²) in [5.74, 6) is 0.765.